The van der Waals surface area contributed by atoms with E-state index in [9.17, 15) is 9.59 Å². The molecule has 0 radical (unpaired) electrons. The maximum atomic E-state index is 13.1. The molecule has 0 aliphatic heterocycles. The van der Waals surface area contributed by atoms with Gasteiger partial charge in [-0.15, -0.1) is 0 Å². The number of hydrogen-bond acceptors (Lipinski definition) is 5. The average Bonchev–Trinajstić information content (AvgIpc) is 2.82. The van der Waals surface area contributed by atoms with Crippen LogP contribution in [0.3, 0.4) is 0 Å². The summed E-state index contributed by atoms with van der Waals surface area (Å²) in [5.74, 6) is 0.742. The number of carbonyl (C=O) groups excluding carboxylic acids is 1. The van der Waals surface area contributed by atoms with Gasteiger partial charge in [0, 0.05) is 11.5 Å². The van der Waals surface area contributed by atoms with Crippen LogP contribution in [0.15, 0.2) is 88.1 Å². The van der Waals surface area contributed by atoms with Gasteiger partial charge in [-0.25, -0.2) is 4.79 Å². The Labute approximate surface area is 179 Å². The monoisotopic (exact) mass is 412 g/mol. The Morgan fingerprint density at radius 3 is 2.32 bits per heavy atom. The van der Waals surface area contributed by atoms with E-state index in [0.29, 0.717) is 16.7 Å². The lowest BCUT2D eigenvalue weighted by Crippen LogP contribution is -2.05. The molecule has 1 aromatic heterocycles. The molecule has 31 heavy (non-hydrogen) atoms. The normalized spacial score (nSPS) is 11.0. The van der Waals surface area contributed by atoms with Crippen molar-refractivity contribution >= 4 is 22.8 Å². The molecule has 0 aliphatic rings. The molecule has 0 N–H and O–H groups in total. The van der Waals surface area contributed by atoms with Gasteiger partial charge in [0.2, 0.25) is 0 Å². The second-order valence-corrected chi connectivity index (χ2v) is 6.84. The fourth-order valence-corrected chi connectivity index (χ4v) is 3.44. The van der Waals surface area contributed by atoms with Crippen molar-refractivity contribution in [2.45, 2.75) is 0 Å². The van der Waals surface area contributed by atoms with E-state index in [1.165, 1.54) is 19.3 Å². The first-order chi connectivity index (χ1) is 15.1. The van der Waals surface area contributed by atoms with E-state index in [2.05, 4.69) is 0 Å². The Morgan fingerprint density at radius 1 is 0.903 bits per heavy atom. The molecule has 0 aliphatic carbocycles. The Hall–Kier alpha value is -4.12. The first kappa shape index (κ1) is 20.2. The molecule has 0 unspecified atom stereocenters. The first-order valence-corrected chi connectivity index (χ1v) is 9.67. The predicted molar refractivity (Wildman–Crippen MR) is 121 cm³/mol. The second-order valence-electron chi connectivity index (χ2n) is 6.84. The summed E-state index contributed by atoms with van der Waals surface area (Å²) in [6.07, 6.45) is 3.13. The fourth-order valence-electron chi connectivity index (χ4n) is 3.44. The summed E-state index contributed by atoms with van der Waals surface area (Å²) in [4.78, 5) is 25.5. The van der Waals surface area contributed by atoms with Crippen LogP contribution >= 0.6 is 0 Å². The second kappa shape index (κ2) is 8.71. The molecule has 0 bridgehead atoms. The molecule has 5 nitrogen and oxygen atoms in total. The standard InChI is InChI=1S/C26H20O5/c1-29-19-11-8-17(9-12-19)10-14-22(27)25-23(30-2)15-13-20-21(16-24(28)31-26(20)25)18-6-4-3-5-7-18/h3-16H,1-2H3/b14-10+. The van der Waals surface area contributed by atoms with Crippen LogP contribution < -0.4 is 15.1 Å². The van der Waals surface area contributed by atoms with Crippen molar-refractivity contribution in [3.05, 3.63) is 100 Å². The Kier molecular flexibility index (Phi) is 5.67. The summed E-state index contributed by atoms with van der Waals surface area (Å²) in [6, 6.07) is 21.8. The number of ether oxygens (including phenoxy) is 2. The number of benzene rings is 3. The highest BCUT2D eigenvalue weighted by atomic mass is 16.5. The van der Waals surface area contributed by atoms with Crippen LogP contribution in [-0.2, 0) is 0 Å². The van der Waals surface area contributed by atoms with Gasteiger partial charge in [0.1, 0.15) is 17.1 Å². The number of hydrogen-bond donors (Lipinski definition) is 0. The lowest BCUT2D eigenvalue weighted by Gasteiger charge is -2.11. The smallest absolute Gasteiger partial charge is 0.336 e. The van der Waals surface area contributed by atoms with Gasteiger partial charge in [-0.1, -0.05) is 48.5 Å². The van der Waals surface area contributed by atoms with E-state index in [1.54, 1.807) is 25.3 Å². The zero-order chi connectivity index (χ0) is 21.8. The van der Waals surface area contributed by atoms with Crippen molar-refractivity contribution in [3.63, 3.8) is 0 Å². The predicted octanol–water partition coefficient (Wildman–Crippen LogP) is 5.37. The molecule has 3 aromatic carbocycles. The van der Waals surface area contributed by atoms with Gasteiger partial charge in [0.25, 0.3) is 0 Å². The number of allylic oxidation sites excluding steroid dienone is 1. The highest BCUT2D eigenvalue weighted by molar-refractivity contribution is 6.16. The van der Waals surface area contributed by atoms with Crippen LogP contribution in [0.2, 0.25) is 0 Å². The SMILES string of the molecule is COc1ccc(/C=C/C(=O)c2c(OC)ccc3c(-c4ccccc4)cc(=O)oc23)cc1. The molecule has 0 saturated heterocycles. The molecule has 154 valence electrons. The number of carbonyl (C=O) groups is 1. The van der Waals surface area contributed by atoms with Gasteiger partial charge < -0.3 is 13.9 Å². The highest BCUT2D eigenvalue weighted by Gasteiger charge is 2.19. The molecule has 0 atom stereocenters. The van der Waals surface area contributed by atoms with Crippen molar-refractivity contribution in [1.29, 1.82) is 0 Å². The maximum Gasteiger partial charge on any atom is 0.336 e. The minimum absolute atomic E-state index is 0.204. The van der Waals surface area contributed by atoms with Gasteiger partial charge in [-0.2, -0.15) is 0 Å². The van der Waals surface area contributed by atoms with E-state index >= 15 is 0 Å². The molecule has 5 heteroatoms. The Bertz CT molecular complexity index is 1320. The molecule has 0 amide bonds. The van der Waals surface area contributed by atoms with Gasteiger partial charge in [-0.3, -0.25) is 4.79 Å². The third-order valence-corrected chi connectivity index (χ3v) is 4.97. The number of methoxy groups -OCH3 is 2. The van der Waals surface area contributed by atoms with E-state index in [-0.39, 0.29) is 16.9 Å². The summed E-state index contributed by atoms with van der Waals surface area (Å²) in [5, 5.41) is 0.660. The first-order valence-electron chi connectivity index (χ1n) is 9.67. The van der Waals surface area contributed by atoms with Crippen LogP contribution in [0.5, 0.6) is 11.5 Å². The zero-order valence-corrected chi connectivity index (χ0v) is 17.1. The van der Waals surface area contributed by atoms with E-state index in [1.807, 2.05) is 54.6 Å². The summed E-state index contributed by atoms with van der Waals surface area (Å²) >= 11 is 0. The van der Waals surface area contributed by atoms with Gasteiger partial charge >= 0.3 is 5.63 Å². The Morgan fingerprint density at radius 2 is 1.65 bits per heavy atom. The fraction of sp³-hybridized carbons (Fsp3) is 0.0769. The summed E-state index contributed by atoms with van der Waals surface area (Å²) in [6.45, 7) is 0. The minimum atomic E-state index is -0.534. The summed E-state index contributed by atoms with van der Waals surface area (Å²) < 4.78 is 16.1. The molecular weight excluding hydrogens is 392 g/mol. The van der Waals surface area contributed by atoms with Crippen molar-refractivity contribution in [1.82, 2.24) is 0 Å². The molecular formula is C26H20O5. The molecule has 4 aromatic rings. The van der Waals surface area contributed by atoms with Crippen LogP contribution in [0, 0.1) is 0 Å². The Balaban J connectivity index is 1.84. The lowest BCUT2D eigenvalue weighted by atomic mass is 9.98. The van der Waals surface area contributed by atoms with Crippen LogP contribution in [-0.4, -0.2) is 20.0 Å². The third kappa shape index (κ3) is 4.12. The van der Waals surface area contributed by atoms with E-state index < -0.39 is 5.63 Å². The average molecular weight is 412 g/mol. The minimum Gasteiger partial charge on any atom is -0.497 e. The molecule has 4 rings (SSSR count). The van der Waals surface area contributed by atoms with Crippen LogP contribution in [0.4, 0.5) is 0 Å². The largest absolute Gasteiger partial charge is 0.497 e. The van der Waals surface area contributed by atoms with Gasteiger partial charge in [-0.05, 0) is 47.0 Å². The zero-order valence-electron chi connectivity index (χ0n) is 17.1. The van der Waals surface area contributed by atoms with Crippen molar-refractivity contribution in [2.24, 2.45) is 0 Å². The molecule has 0 spiro atoms. The van der Waals surface area contributed by atoms with Crippen LogP contribution in [0.25, 0.3) is 28.2 Å². The molecule has 0 fully saturated rings. The van der Waals surface area contributed by atoms with Crippen molar-refractivity contribution < 1.29 is 18.7 Å². The van der Waals surface area contributed by atoms with Crippen LogP contribution in [0.1, 0.15) is 15.9 Å². The van der Waals surface area contributed by atoms with Gasteiger partial charge in [0.15, 0.2) is 11.4 Å². The van der Waals surface area contributed by atoms with E-state index in [0.717, 1.165) is 16.9 Å². The summed E-state index contributed by atoms with van der Waals surface area (Å²) in [7, 11) is 3.07. The third-order valence-electron chi connectivity index (χ3n) is 4.97. The highest BCUT2D eigenvalue weighted by Crippen LogP contribution is 2.34. The molecule has 0 saturated carbocycles. The number of ketones is 1. The van der Waals surface area contributed by atoms with Crippen molar-refractivity contribution in [3.8, 4) is 22.6 Å². The van der Waals surface area contributed by atoms with Crippen molar-refractivity contribution in [2.75, 3.05) is 14.2 Å². The number of fused-ring (bicyclic) bond motifs is 1. The maximum absolute atomic E-state index is 13.1. The topological polar surface area (TPSA) is 65.7 Å². The van der Waals surface area contributed by atoms with Gasteiger partial charge in [0.05, 0.1) is 14.2 Å². The molecule has 1 heterocycles. The quantitative estimate of drug-likeness (QED) is 0.242. The lowest BCUT2D eigenvalue weighted by molar-refractivity contribution is 0.104. The van der Waals surface area contributed by atoms with E-state index in [4.69, 9.17) is 13.9 Å². The summed E-state index contributed by atoms with van der Waals surface area (Å²) in [5.41, 5.74) is 2.27. The number of rotatable bonds is 6.